The van der Waals surface area contributed by atoms with Gasteiger partial charge in [-0.2, -0.15) is 0 Å². The third-order valence-electron chi connectivity index (χ3n) is 3.93. The van der Waals surface area contributed by atoms with Crippen LogP contribution in [0, 0.1) is 0 Å². The highest BCUT2D eigenvalue weighted by atomic mass is 32.2. The Labute approximate surface area is 135 Å². The maximum atomic E-state index is 4.91. The molecule has 0 unspecified atom stereocenters. The van der Waals surface area contributed by atoms with Gasteiger partial charge < -0.3 is 9.80 Å². The number of aromatic nitrogens is 1. The predicted octanol–water partition coefficient (Wildman–Crippen LogP) is 4.24. The highest BCUT2D eigenvalue weighted by molar-refractivity contribution is 7.99. The van der Waals surface area contributed by atoms with Crippen molar-refractivity contribution in [1.82, 2.24) is 4.98 Å². The molecule has 0 saturated carbocycles. The van der Waals surface area contributed by atoms with Crippen LogP contribution >= 0.6 is 11.8 Å². The van der Waals surface area contributed by atoms with Gasteiger partial charge in [0.25, 0.3) is 0 Å². The Hall–Kier alpha value is -1.94. The first-order chi connectivity index (χ1) is 10.5. The molecule has 1 aromatic heterocycles. The van der Waals surface area contributed by atoms with Gasteiger partial charge in [0.15, 0.2) is 0 Å². The molecule has 0 fully saturated rings. The van der Waals surface area contributed by atoms with Crippen molar-refractivity contribution in [2.24, 2.45) is 0 Å². The lowest BCUT2D eigenvalue weighted by atomic mass is 10.1. The normalized spacial score (nSPS) is 11.1. The number of fused-ring (bicyclic) bond motifs is 2. The van der Waals surface area contributed by atoms with E-state index in [4.69, 9.17) is 4.98 Å². The second-order valence-corrected chi connectivity index (χ2v) is 6.65. The summed E-state index contributed by atoms with van der Waals surface area (Å²) in [6.45, 7) is 0. The van der Waals surface area contributed by atoms with E-state index in [2.05, 4.69) is 80.6 Å². The van der Waals surface area contributed by atoms with Crippen LogP contribution in [0.2, 0.25) is 0 Å². The van der Waals surface area contributed by atoms with E-state index in [1.54, 1.807) is 11.8 Å². The van der Waals surface area contributed by atoms with E-state index in [9.17, 15) is 0 Å². The summed E-state index contributed by atoms with van der Waals surface area (Å²) in [4.78, 5) is 10.4. The molecule has 3 aromatic rings. The highest BCUT2D eigenvalue weighted by Crippen LogP contribution is 2.35. The molecule has 22 heavy (non-hydrogen) atoms. The minimum Gasteiger partial charge on any atom is -0.378 e. The molecule has 2 aromatic carbocycles. The van der Waals surface area contributed by atoms with Crippen molar-refractivity contribution in [3.63, 3.8) is 0 Å². The number of thioether (sulfide) groups is 1. The average molecular weight is 311 g/mol. The van der Waals surface area contributed by atoms with Gasteiger partial charge in [-0.1, -0.05) is 0 Å². The van der Waals surface area contributed by atoms with E-state index < -0.39 is 0 Å². The van der Waals surface area contributed by atoms with E-state index in [1.807, 2.05) is 0 Å². The molecule has 0 atom stereocenters. The summed E-state index contributed by atoms with van der Waals surface area (Å²) in [6, 6.07) is 13.0. The van der Waals surface area contributed by atoms with Crippen LogP contribution in [0.3, 0.4) is 0 Å². The van der Waals surface area contributed by atoms with Crippen LogP contribution in [0.4, 0.5) is 11.4 Å². The van der Waals surface area contributed by atoms with Crippen LogP contribution < -0.4 is 9.80 Å². The Balaban J connectivity index is 2.35. The first-order valence-corrected chi connectivity index (χ1v) is 8.50. The molecule has 4 heteroatoms. The van der Waals surface area contributed by atoms with Crippen molar-refractivity contribution in [3.8, 4) is 0 Å². The van der Waals surface area contributed by atoms with Crippen molar-refractivity contribution in [1.29, 1.82) is 0 Å². The van der Waals surface area contributed by atoms with Crippen LogP contribution in [-0.4, -0.2) is 39.4 Å². The van der Waals surface area contributed by atoms with Gasteiger partial charge in [-0.05, 0) is 42.7 Å². The molecule has 0 spiro atoms. The van der Waals surface area contributed by atoms with Crippen molar-refractivity contribution in [2.75, 3.05) is 44.2 Å². The molecular weight excluding hydrogens is 290 g/mol. The summed E-state index contributed by atoms with van der Waals surface area (Å²) in [6.07, 6.45) is 2.13. The van der Waals surface area contributed by atoms with Crippen LogP contribution in [-0.2, 0) is 0 Å². The Kier molecular flexibility index (Phi) is 3.87. The van der Waals surface area contributed by atoms with Gasteiger partial charge in [-0.25, -0.2) is 4.98 Å². The molecule has 0 aliphatic heterocycles. The third kappa shape index (κ3) is 2.48. The summed E-state index contributed by atoms with van der Waals surface area (Å²) >= 11 is 1.79. The van der Waals surface area contributed by atoms with Crippen LogP contribution in [0.15, 0.2) is 41.3 Å². The zero-order chi connectivity index (χ0) is 15.9. The average Bonchev–Trinajstić information content (AvgIpc) is 2.51. The topological polar surface area (TPSA) is 19.4 Å². The molecule has 3 rings (SSSR count). The number of benzene rings is 2. The fourth-order valence-electron chi connectivity index (χ4n) is 2.66. The van der Waals surface area contributed by atoms with Crippen LogP contribution in [0.1, 0.15) is 0 Å². The molecule has 0 bridgehead atoms. The largest absolute Gasteiger partial charge is 0.378 e. The van der Waals surface area contributed by atoms with E-state index in [1.165, 1.54) is 27.0 Å². The summed E-state index contributed by atoms with van der Waals surface area (Å²) in [7, 11) is 8.23. The standard InChI is InChI=1S/C18H21N3S/c1-20(2)12-6-8-14-16(10-12)19-17-11-13(21(3)4)7-9-15(17)18(14)22-5/h6-11H,1-5H3. The molecule has 3 nitrogen and oxygen atoms in total. The third-order valence-corrected chi connectivity index (χ3v) is 4.78. The maximum absolute atomic E-state index is 4.91. The minimum absolute atomic E-state index is 1.05. The summed E-state index contributed by atoms with van der Waals surface area (Å²) in [5.41, 5.74) is 4.46. The number of nitrogens with zero attached hydrogens (tertiary/aromatic N) is 3. The lowest BCUT2D eigenvalue weighted by Crippen LogP contribution is -2.09. The lowest BCUT2D eigenvalue weighted by Gasteiger charge is -2.16. The molecule has 114 valence electrons. The summed E-state index contributed by atoms with van der Waals surface area (Å²) in [5.74, 6) is 0. The number of anilines is 2. The zero-order valence-electron chi connectivity index (χ0n) is 13.7. The van der Waals surface area contributed by atoms with Gasteiger partial charge in [-0.3, -0.25) is 0 Å². The van der Waals surface area contributed by atoms with Gasteiger partial charge in [0.1, 0.15) is 0 Å². The Morgan fingerprint density at radius 1 is 0.773 bits per heavy atom. The van der Waals surface area contributed by atoms with Crippen molar-refractivity contribution in [3.05, 3.63) is 36.4 Å². The molecule has 0 radical (unpaired) electrons. The molecule has 1 heterocycles. The van der Waals surface area contributed by atoms with Crippen molar-refractivity contribution in [2.45, 2.75) is 4.90 Å². The Morgan fingerprint density at radius 2 is 1.23 bits per heavy atom. The van der Waals surface area contributed by atoms with E-state index >= 15 is 0 Å². The number of hydrogen-bond acceptors (Lipinski definition) is 4. The number of pyridine rings is 1. The quantitative estimate of drug-likeness (QED) is 0.532. The summed E-state index contributed by atoms with van der Waals surface area (Å²) < 4.78 is 0. The fraction of sp³-hybridized carbons (Fsp3) is 0.278. The molecule has 0 aliphatic carbocycles. The predicted molar refractivity (Wildman–Crippen MR) is 99.7 cm³/mol. The SMILES string of the molecule is CSc1c2ccc(N(C)C)cc2nc2cc(N(C)C)ccc12. The monoisotopic (exact) mass is 311 g/mol. The smallest absolute Gasteiger partial charge is 0.0741 e. The second kappa shape index (κ2) is 5.69. The van der Waals surface area contributed by atoms with Crippen molar-refractivity contribution < 1.29 is 0 Å². The number of hydrogen-bond donors (Lipinski definition) is 0. The zero-order valence-corrected chi connectivity index (χ0v) is 14.5. The summed E-state index contributed by atoms with van der Waals surface area (Å²) in [5, 5.41) is 2.45. The van der Waals surface area contributed by atoms with Gasteiger partial charge in [0, 0.05) is 55.2 Å². The maximum Gasteiger partial charge on any atom is 0.0741 e. The molecule has 0 N–H and O–H groups in total. The van der Waals surface area contributed by atoms with Gasteiger partial charge in [0.2, 0.25) is 0 Å². The van der Waals surface area contributed by atoms with Crippen LogP contribution in [0.25, 0.3) is 21.8 Å². The Bertz CT molecular complexity index is 774. The minimum atomic E-state index is 1.05. The van der Waals surface area contributed by atoms with Gasteiger partial charge >= 0.3 is 0 Å². The lowest BCUT2D eigenvalue weighted by molar-refractivity contribution is 1.13. The van der Waals surface area contributed by atoms with E-state index in [0.717, 1.165) is 11.0 Å². The second-order valence-electron chi connectivity index (χ2n) is 5.84. The van der Waals surface area contributed by atoms with Crippen LogP contribution in [0.5, 0.6) is 0 Å². The first kappa shape index (κ1) is 15.0. The van der Waals surface area contributed by atoms with Crippen molar-refractivity contribution >= 4 is 44.9 Å². The van der Waals surface area contributed by atoms with E-state index in [-0.39, 0.29) is 0 Å². The Morgan fingerprint density at radius 3 is 1.59 bits per heavy atom. The highest BCUT2D eigenvalue weighted by Gasteiger charge is 2.10. The van der Waals surface area contributed by atoms with Gasteiger partial charge in [0.05, 0.1) is 11.0 Å². The van der Waals surface area contributed by atoms with E-state index in [0.29, 0.717) is 0 Å². The first-order valence-electron chi connectivity index (χ1n) is 7.27. The molecule has 0 saturated heterocycles. The van der Waals surface area contributed by atoms with Gasteiger partial charge in [-0.15, -0.1) is 11.8 Å². The fourth-order valence-corrected chi connectivity index (χ4v) is 3.45. The number of rotatable bonds is 3. The molecule has 0 amide bonds. The molecule has 0 aliphatic rings. The molecular formula is C18H21N3S.